The summed E-state index contributed by atoms with van der Waals surface area (Å²) in [6.45, 7) is 0.980. The summed E-state index contributed by atoms with van der Waals surface area (Å²) in [6, 6.07) is 8.24. The first-order valence-corrected chi connectivity index (χ1v) is 8.82. The standard InChI is InChI=1S/C14H21N3O3S/c1-21(19,20)16-12-8-5-9-17(10-12)14(18)13(15)11-6-3-2-4-7-11/h2-4,6-7,12-13,16H,5,8-10,15H2,1H3. The number of carbonyl (C=O) groups excluding carboxylic acids is 1. The SMILES string of the molecule is CS(=O)(=O)NC1CCCN(C(=O)C(N)c2ccccc2)C1. The molecule has 1 aromatic rings. The van der Waals surface area contributed by atoms with E-state index in [4.69, 9.17) is 5.73 Å². The summed E-state index contributed by atoms with van der Waals surface area (Å²) in [5.74, 6) is -0.166. The molecule has 0 spiro atoms. The number of benzene rings is 1. The van der Waals surface area contributed by atoms with Crippen molar-refractivity contribution in [3.8, 4) is 0 Å². The van der Waals surface area contributed by atoms with Gasteiger partial charge in [-0.15, -0.1) is 0 Å². The maximum Gasteiger partial charge on any atom is 0.244 e. The van der Waals surface area contributed by atoms with Crippen LogP contribution in [0.1, 0.15) is 24.4 Å². The molecule has 1 aliphatic rings. The van der Waals surface area contributed by atoms with Gasteiger partial charge in [0, 0.05) is 19.1 Å². The van der Waals surface area contributed by atoms with Crippen molar-refractivity contribution in [3.63, 3.8) is 0 Å². The molecule has 0 saturated carbocycles. The van der Waals surface area contributed by atoms with Crippen LogP contribution in [0, 0.1) is 0 Å². The minimum absolute atomic E-state index is 0.166. The Morgan fingerprint density at radius 3 is 2.67 bits per heavy atom. The quantitative estimate of drug-likeness (QED) is 0.832. The minimum Gasteiger partial charge on any atom is -0.339 e. The Kier molecular flexibility index (Phi) is 4.97. The Hall–Kier alpha value is -1.44. The van der Waals surface area contributed by atoms with Gasteiger partial charge in [0.2, 0.25) is 15.9 Å². The number of carbonyl (C=O) groups is 1. The number of nitrogens with zero attached hydrogens (tertiary/aromatic N) is 1. The summed E-state index contributed by atoms with van der Waals surface area (Å²) in [5, 5.41) is 0. The van der Waals surface area contributed by atoms with Crippen LogP contribution in [-0.2, 0) is 14.8 Å². The number of hydrogen-bond donors (Lipinski definition) is 2. The highest BCUT2D eigenvalue weighted by Gasteiger charge is 2.28. The number of likely N-dealkylation sites (tertiary alicyclic amines) is 1. The molecule has 1 fully saturated rings. The first-order chi connectivity index (χ1) is 9.87. The van der Waals surface area contributed by atoms with E-state index in [0.29, 0.717) is 13.1 Å². The number of rotatable bonds is 4. The van der Waals surface area contributed by atoms with Gasteiger partial charge in [-0.1, -0.05) is 30.3 Å². The van der Waals surface area contributed by atoms with E-state index in [1.54, 1.807) is 4.90 Å². The Labute approximate surface area is 125 Å². The largest absolute Gasteiger partial charge is 0.339 e. The van der Waals surface area contributed by atoms with Gasteiger partial charge in [-0.2, -0.15) is 0 Å². The highest BCUT2D eigenvalue weighted by Crippen LogP contribution is 2.17. The Morgan fingerprint density at radius 2 is 2.05 bits per heavy atom. The molecule has 0 bridgehead atoms. The van der Waals surface area contributed by atoms with E-state index in [2.05, 4.69) is 4.72 Å². The molecule has 1 saturated heterocycles. The van der Waals surface area contributed by atoms with Crippen LogP contribution in [-0.4, -0.2) is 44.6 Å². The van der Waals surface area contributed by atoms with Crippen molar-refractivity contribution in [2.75, 3.05) is 19.3 Å². The molecule has 3 N–H and O–H groups in total. The van der Waals surface area contributed by atoms with Crippen molar-refractivity contribution in [3.05, 3.63) is 35.9 Å². The first kappa shape index (κ1) is 15.9. The molecule has 1 aliphatic heterocycles. The second-order valence-electron chi connectivity index (χ2n) is 5.40. The van der Waals surface area contributed by atoms with Gasteiger partial charge in [-0.3, -0.25) is 4.79 Å². The molecule has 6 nitrogen and oxygen atoms in total. The molecule has 7 heteroatoms. The fourth-order valence-electron chi connectivity index (χ4n) is 2.58. The minimum atomic E-state index is -3.26. The van der Waals surface area contributed by atoms with Crippen LogP contribution >= 0.6 is 0 Å². The smallest absolute Gasteiger partial charge is 0.244 e. The first-order valence-electron chi connectivity index (χ1n) is 6.93. The van der Waals surface area contributed by atoms with Crippen LogP contribution in [0.5, 0.6) is 0 Å². The van der Waals surface area contributed by atoms with Crippen molar-refractivity contribution in [1.29, 1.82) is 0 Å². The predicted molar refractivity (Wildman–Crippen MR) is 81.0 cm³/mol. The Balaban J connectivity index is 2.02. The van der Waals surface area contributed by atoms with E-state index >= 15 is 0 Å². The molecular formula is C14H21N3O3S. The third-order valence-corrected chi connectivity index (χ3v) is 4.30. The fourth-order valence-corrected chi connectivity index (χ4v) is 3.37. The van der Waals surface area contributed by atoms with Crippen LogP contribution in [0.3, 0.4) is 0 Å². The third kappa shape index (κ3) is 4.52. The van der Waals surface area contributed by atoms with Gasteiger partial charge in [0.15, 0.2) is 0 Å². The number of nitrogens with one attached hydrogen (secondary N) is 1. The topological polar surface area (TPSA) is 92.5 Å². The van der Waals surface area contributed by atoms with Crippen molar-refractivity contribution in [1.82, 2.24) is 9.62 Å². The summed E-state index contributed by atoms with van der Waals surface area (Å²) in [7, 11) is -3.26. The lowest BCUT2D eigenvalue weighted by atomic mass is 10.0. The summed E-state index contributed by atoms with van der Waals surface area (Å²) < 4.78 is 25.1. The lowest BCUT2D eigenvalue weighted by molar-refractivity contribution is -0.134. The van der Waals surface area contributed by atoms with Gasteiger partial charge in [0.1, 0.15) is 6.04 Å². The second kappa shape index (κ2) is 6.55. The molecular weight excluding hydrogens is 290 g/mol. The number of hydrogen-bond acceptors (Lipinski definition) is 4. The monoisotopic (exact) mass is 311 g/mol. The molecule has 0 radical (unpaired) electrons. The number of nitrogens with two attached hydrogens (primary N) is 1. The summed E-state index contributed by atoms with van der Waals surface area (Å²) in [5.41, 5.74) is 6.78. The lowest BCUT2D eigenvalue weighted by Crippen LogP contribution is -2.51. The number of amides is 1. The normalized spacial score (nSPS) is 21.0. The number of sulfonamides is 1. The van der Waals surface area contributed by atoms with Gasteiger partial charge in [0.05, 0.1) is 6.26 Å². The zero-order valence-corrected chi connectivity index (χ0v) is 12.8. The average Bonchev–Trinajstić information content (AvgIpc) is 2.45. The van der Waals surface area contributed by atoms with Crippen LogP contribution in [0.2, 0.25) is 0 Å². The highest BCUT2D eigenvalue weighted by atomic mass is 32.2. The van der Waals surface area contributed by atoms with Gasteiger partial charge >= 0.3 is 0 Å². The molecule has 1 amide bonds. The average molecular weight is 311 g/mol. The van der Waals surface area contributed by atoms with E-state index in [1.165, 1.54) is 0 Å². The highest BCUT2D eigenvalue weighted by molar-refractivity contribution is 7.88. The third-order valence-electron chi connectivity index (χ3n) is 3.54. The maximum atomic E-state index is 12.4. The molecule has 2 atom stereocenters. The van der Waals surface area contributed by atoms with Crippen molar-refractivity contribution in [2.45, 2.75) is 24.9 Å². The van der Waals surface area contributed by atoms with E-state index in [9.17, 15) is 13.2 Å². The van der Waals surface area contributed by atoms with Crippen LogP contribution in [0.25, 0.3) is 0 Å². The molecule has 116 valence electrons. The van der Waals surface area contributed by atoms with Crippen molar-refractivity contribution in [2.24, 2.45) is 5.73 Å². The van der Waals surface area contributed by atoms with E-state index < -0.39 is 16.1 Å². The van der Waals surface area contributed by atoms with Gasteiger partial charge < -0.3 is 10.6 Å². The van der Waals surface area contributed by atoms with Gasteiger partial charge in [0.25, 0.3) is 0 Å². The van der Waals surface area contributed by atoms with Crippen LogP contribution in [0.4, 0.5) is 0 Å². The summed E-state index contributed by atoms with van der Waals surface area (Å²) in [6.07, 6.45) is 2.63. The molecule has 2 rings (SSSR count). The van der Waals surface area contributed by atoms with E-state index in [0.717, 1.165) is 24.7 Å². The number of piperidine rings is 1. The van der Waals surface area contributed by atoms with Crippen molar-refractivity contribution >= 4 is 15.9 Å². The Bertz CT molecular complexity index is 589. The molecule has 0 aromatic heterocycles. The summed E-state index contributed by atoms with van der Waals surface area (Å²) in [4.78, 5) is 14.1. The predicted octanol–water partition coefficient (Wildman–Crippen LogP) is 0.227. The van der Waals surface area contributed by atoms with E-state index in [-0.39, 0.29) is 11.9 Å². The maximum absolute atomic E-state index is 12.4. The van der Waals surface area contributed by atoms with E-state index in [1.807, 2.05) is 30.3 Å². The molecule has 21 heavy (non-hydrogen) atoms. The summed E-state index contributed by atoms with van der Waals surface area (Å²) >= 11 is 0. The molecule has 2 unspecified atom stereocenters. The van der Waals surface area contributed by atoms with Crippen LogP contribution in [0.15, 0.2) is 30.3 Å². The molecule has 0 aliphatic carbocycles. The van der Waals surface area contributed by atoms with Crippen LogP contribution < -0.4 is 10.5 Å². The Morgan fingerprint density at radius 1 is 1.38 bits per heavy atom. The fraction of sp³-hybridized carbons (Fsp3) is 0.500. The van der Waals surface area contributed by atoms with Gasteiger partial charge in [-0.05, 0) is 18.4 Å². The lowest BCUT2D eigenvalue weighted by Gasteiger charge is -2.34. The zero-order valence-electron chi connectivity index (χ0n) is 12.0. The molecule has 1 aromatic carbocycles. The van der Waals surface area contributed by atoms with Crippen molar-refractivity contribution < 1.29 is 13.2 Å². The van der Waals surface area contributed by atoms with Gasteiger partial charge in [-0.25, -0.2) is 13.1 Å². The second-order valence-corrected chi connectivity index (χ2v) is 7.18. The zero-order chi connectivity index (χ0) is 15.5. The molecule has 1 heterocycles.